The first-order valence-corrected chi connectivity index (χ1v) is 5.81. The van der Waals surface area contributed by atoms with Crippen molar-refractivity contribution in [3.05, 3.63) is 35.9 Å². The highest BCUT2D eigenvalue weighted by atomic mass is 35.5. The standard InChI is InChI=1S/C13H20N2.2ClH/c1-15(13-7-9-14-10-8-13)11-12-5-3-2-4-6-12;;/h2-6,13-14H,7-11H2,1H3;2*1H. The molecule has 1 fully saturated rings. The number of piperidine rings is 1. The largest absolute Gasteiger partial charge is 0.317 e. The monoisotopic (exact) mass is 276 g/mol. The van der Waals surface area contributed by atoms with Crippen LogP contribution in [0.3, 0.4) is 0 Å². The van der Waals surface area contributed by atoms with Crippen LogP contribution in [0.2, 0.25) is 0 Å². The van der Waals surface area contributed by atoms with E-state index in [0.717, 1.165) is 12.6 Å². The molecule has 0 radical (unpaired) electrons. The lowest BCUT2D eigenvalue weighted by atomic mass is 10.0. The van der Waals surface area contributed by atoms with Crippen LogP contribution >= 0.6 is 24.8 Å². The van der Waals surface area contributed by atoms with E-state index in [9.17, 15) is 0 Å². The Morgan fingerprint density at radius 3 is 2.29 bits per heavy atom. The zero-order chi connectivity index (χ0) is 10.5. The topological polar surface area (TPSA) is 15.3 Å². The van der Waals surface area contributed by atoms with E-state index in [1.807, 2.05) is 0 Å². The molecule has 1 N–H and O–H groups in total. The van der Waals surface area contributed by atoms with Crippen molar-refractivity contribution in [2.45, 2.75) is 25.4 Å². The predicted octanol–water partition coefficient (Wildman–Crippen LogP) is 2.71. The van der Waals surface area contributed by atoms with E-state index in [1.165, 1.54) is 31.5 Å². The fourth-order valence-corrected chi connectivity index (χ4v) is 2.25. The van der Waals surface area contributed by atoms with E-state index in [4.69, 9.17) is 0 Å². The molecule has 1 aliphatic heterocycles. The van der Waals surface area contributed by atoms with Crippen LogP contribution in [0.15, 0.2) is 30.3 Å². The van der Waals surface area contributed by atoms with Gasteiger partial charge in [-0.25, -0.2) is 0 Å². The van der Waals surface area contributed by atoms with Crippen molar-refractivity contribution in [1.82, 2.24) is 10.2 Å². The molecule has 17 heavy (non-hydrogen) atoms. The van der Waals surface area contributed by atoms with Crippen molar-refractivity contribution in [3.8, 4) is 0 Å². The second-order valence-corrected chi connectivity index (χ2v) is 4.38. The summed E-state index contributed by atoms with van der Waals surface area (Å²) in [5.41, 5.74) is 1.42. The Hall–Kier alpha value is -0.280. The number of nitrogens with zero attached hydrogens (tertiary/aromatic N) is 1. The number of nitrogens with one attached hydrogen (secondary N) is 1. The summed E-state index contributed by atoms with van der Waals surface area (Å²) in [5, 5.41) is 3.41. The highest BCUT2D eigenvalue weighted by molar-refractivity contribution is 5.85. The fraction of sp³-hybridized carbons (Fsp3) is 0.538. The van der Waals surface area contributed by atoms with Gasteiger partial charge in [0.05, 0.1) is 0 Å². The number of hydrogen-bond acceptors (Lipinski definition) is 2. The Morgan fingerprint density at radius 2 is 1.71 bits per heavy atom. The fourth-order valence-electron chi connectivity index (χ4n) is 2.25. The second-order valence-electron chi connectivity index (χ2n) is 4.38. The summed E-state index contributed by atoms with van der Waals surface area (Å²) < 4.78 is 0. The normalized spacial score (nSPS) is 16.1. The van der Waals surface area contributed by atoms with Gasteiger partial charge in [-0.15, -0.1) is 24.8 Å². The summed E-state index contributed by atoms with van der Waals surface area (Å²) in [5.74, 6) is 0. The maximum atomic E-state index is 3.41. The number of rotatable bonds is 3. The van der Waals surface area contributed by atoms with Gasteiger partial charge in [-0.3, -0.25) is 4.90 Å². The summed E-state index contributed by atoms with van der Waals surface area (Å²) in [6, 6.07) is 11.5. The molecule has 4 heteroatoms. The zero-order valence-corrected chi connectivity index (χ0v) is 11.9. The van der Waals surface area contributed by atoms with Crippen LogP contribution in [0.5, 0.6) is 0 Å². The average Bonchev–Trinajstić information content (AvgIpc) is 2.31. The van der Waals surface area contributed by atoms with Crippen molar-refractivity contribution < 1.29 is 0 Å². The highest BCUT2D eigenvalue weighted by Crippen LogP contribution is 2.13. The molecule has 1 aliphatic rings. The minimum Gasteiger partial charge on any atom is -0.317 e. The van der Waals surface area contributed by atoms with E-state index in [2.05, 4.69) is 47.6 Å². The molecule has 2 rings (SSSR count). The molecule has 0 amide bonds. The zero-order valence-electron chi connectivity index (χ0n) is 10.3. The number of halogens is 2. The third kappa shape index (κ3) is 5.26. The Balaban J connectivity index is 0.00000128. The summed E-state index contributed by atoms with van der Waals surface area (Å²) in [6.45, 7) is 3.42. The molecule has 0 unspecified atom stereocenters. The van der Waals surface area contributed by atoms with Gasteiger partial charge >= 0.3 is 0 Å². The first kappa shape index (κ1) is 16.7. The molecule has 0 aromatic heterocycles. The van der Waals surface area contributed by atoms with Crippen molar-refractivity contribution in [2.24, 2.45) is 0 Å². The van der Waals surface area contributed by atoms with Gasteiger partial charge in [-0.1, -0.05) is 30.3 Å². The van der Waals surface area contributed by atoms with Crippen molar-refractivity contribution in [1.29, 1.82) is 0 Å². The average molecular weight is 277 g/mol. The molecule has 0 bridgehead atoms. The predicted molar refractivity (Wildman–Crippen MR) is 78.3 cm³/mol. The molecule has 0 aliphatic carbocycles. The Kier molecular flexibility index (Phi) is 8.61. The summed E-state index contributed by atoms with van der Waals surface area (Å²) >= 11 is 0. The van der Waals surface area contributed by atoms with Gasteiger partial charge in [-0.05, 0) is 38.5 Å². The van der Waals surface area contributed by atoms with Gasteiger partial charge in [0.25, 0.3) is 0 Å². The third-order valence-electron chi connectivity index (χ3n) is 3.21. The van der Waals surface area contributed by atoms with Gasteiger partial charge in [0.1, 0.15) is 0 Å². The molecule has 0 saturated carbocycles. The minimum absolute atomic E-state index is 0. The van der Waals surface area contributed by atoms with Crippen LogP contribution in [-0.4, -0.2) is 31.1 Å². The van der Waals surface area contributed by atoms with Crippen LogP contribution < -0.4 is 5.32 Å². The van der Waals surface area contributed by atoms with E-state index in [1.54, 1.807) is 0 Å². The van der Waals surface area contributed by atoms with Gasteiger partial charge in [0, 0.05) is 12.6 Å². The van der Waals surface area contributed by atoms with E-state index in [0.29, 0.717) is 0 Å². The summed E-state index contributed by atoms with van der Waals surface area (Å²) in [6.07, 6.45) is 2.56. The maximum absolute atomic E-state index is 3.41. The summed E-state index contributed by atoms with van der Waals surface area (Å²) in [7, 11) is 2.24. The van der Waals surface area contributed by atoms with Crippen LogP contribution in [0.25, 0.3) is 0 Å². The number of benzene rings is 1. The smallest absolute Gasteiger partial charge is 0.0233 e. The molecule has 98 valence electrons. The Bertz CT molecular complexity index is 287. The molecule has 0 atom stereocenters. The van der Waals surface area contributed by atoms with Gasteiger partial charge in [-0.2, -0.15) is 0 Å². The van der Waals surface area contributed by atoms with Crippen molar-refractivity contribution in [3.63, 3.8) is 0 Å². The SMILES string of the molecule is CN(Cc1ccccc1)C1CCNCC1.Cl.Cl. The number of hydrogen-bond donors (Lipinski definition) is 1. The third-order valence-corrected chi connectivity index (χ3v) is 3.21. The highest BCUT2D eigenvalue weighted by Gasteiger charge is 2.17. The first-order chi connectivity index (χ1) is 7.36. The Labute approximate surface area is 117 Å². The molecule has 1 aromatic carbocycles. The lowest BCUT2D eigenvalue weighted by Gasteiger charge is -2.31. The molecule has 1 heterocycles. The van der Waals surface area contributed by atoms with Crippen molar-refractivity contribution in [2.75, 3.05) is 20.1 Å². The maximum Gasteiger partial charge on any atom is 0.0233 e. The van der Waals surface area contributed by atoms with Gasteiger partial charge in [0.15, 0.2) is 0 Å². The first-order valence-electron chi connectivity index (χ1n) is 5.81. The molecular formula is C13H22Cl2N2. The minimum atomic E-state index is 0. The molecule has 2 nitrogen and oxygen atoms in total. The molecule has 1 saturated heterocycles. The summed E-state index contributed by atoms with van der Waals surface area (Å²) in [4.78, 5) is 2.48. The van der Waals surface area contributed by atoms with E-state index < -0.39 is 0 Å². The van der Waals surface area contributed by atoms with Gasteiger partial charge < -0.3 is 5.32 Å². The van der Waals surface area contributed by atoms with Crippen LogP contribution in [0.1, 0.15) is 18.4 Å². The van der Waals surface area contributed by atoms with Crippen LogP contribution in [0, 0.1) is 0 Å². The van der Waals surface area contributed by atoms with Crippen molar-refractivity contribution >= 4 is 24.8 Å². The van der Waals surface area contributed by atoms with Crippen LogP contribution in [-0.2, 0) is 6.54 Å². The van der Waals surface area contributed by atoms with Crippen LogP contribution in [0.4, 0.5) is 0 Å². The molecule has 1 aromatic rings. The quantitative estimate of drug-likeness (QED) is 0.914. The van der Waals surface area contributed by atoms with Gasteiger partial charge in [0.2, 0.25) is 0 Å². The lowest BCUT2D eigenvalue weighted by Crippen LogP contribution is -2.40. The Morgan fingerprint density at radius 1 is 1.12 bits per heavy atom. The van der Waals surface area contributed by atoms with E-state index >= 15 is 0 Å². The second kappa shape index (κ2) is 8.76. The van der Waals surface area contributed by atoms with E-state index in [-0.39, 0.29) is 24.8 Å². The lowest BCUT2D eigenvalue weighted by molar-refractivity contribution is 0.192. The molecular weight excluding hydrogens is 255 g/mol. The molecule has 0 spiro atoms.